The molecule has 1 heterocycles. The van der Waals surface area contributed by atoms with Gasteiger partial charge in [-0.05, 0) is 61.7 Å². The van der Waals surface area contributed by atoms with E-state index in [4.69, 9.17) is 4.98 Å². The topological polar surface area (TPSA) is 88.2 Å². The molecule has 2 aromatic carbocycles. The lowest BCUT2D eigenvalue weighted by atomic mass is 10.0. The van der Waals surface area contributed by atoms with E-state index in [1.165, 1.54) is 0 Å². The van der Waals surface area contributed by atoms with Crippen molar-refractivity contribution in [2.45, 2.75) is 38.1 Å². The van der Waals surface area contributed by atoms with Gasteiger partial charge in [0.15, 0.2) is 11.6 Å². The van der Waals surface area contributed by atoms with Crippen molar-refractivity contribution >= 4 is 32.5 Å². The van der Waals surface area contributed by atoms with Gasteiger partial charge in [0.25, 0.3) is 5.91 Å². The number of halogens is 2. The van der Waals surface area contributed by atoms with Gasteiger partial charge in [0.1, 0.15) is 5.69 Å². The molecule has 0 unspecified atom stereocenters. The molecule has 6 nitrogen and oxygen atoms in total. The molecular formula is C23H23F2N3O3S. The number of nitrogens with one attached hydrogen (secondary N) is 2. The molecule has 1 amide bonds. The Labute approximate surface area is 185 Å². The SMILES string of the molecule is C[C@@H](NC(=O)c1ccc2nc(C3(C)CC3)ccc2c1)c1cc(F)c(NS(C)(=O)=O)c(F)c1. The van der Waals surface area contributed by atoms with Gasteiger partial charge in [-0.2, -0.15) is 0 Å². The second-order valence-electron chi connectivity index (χ2n) is 8.59. The number of aromatic nitrogens is 1. The molecule has 1 aliphatic rings. The monoisotopic (exact) mass is 459 g/mol. The van der Waals surface area contributed by atoms with Crippen LogP contribution in [0.15, 0.2) is 42.5 Å². The van der Waals surface area contributed by atoms with Crippen LogP contribution in [0.3, 0.4) is 0 Å². The van der Waals surface area contributed by atoms with E-state index < -0.39 is 39.3 Å². The van der Waals surface area contributed by atoms with E-state index in [1.54, 1.807) is 25.1 Å². The Hall–Kier alpha value is -3.07. The largest absolute Gasteiger partial charge is 0.346 e. The number of sulfonamides is 1. The third kappa shape index (κ3) is 4.57. The number of anilines is 1. The molecule has 32 heavy (non-hydrogen) atoms. The molecule has 0 aliphatic heterocycles. The second kappa shape index (κ2) is 7.81. The lowest BCUT2D eigenvalue weighted by Crippen LogP contribution is -2.27. The molecule has 3 aromatic rings. The van der Waals surface area contributed by atoms with Crippen molar-refractivity contribution in [3.05, 3.63) is 70.9 Å². The minimum absolute atomic E-state index is 0.149. The molecule has 0 saturated heterocycles. The molecular weight excluding hydrogens is 436 g/mol. The molecule has 1 saturated carbocycles. The Balaban J connectivity index is 1.52. The Bertz CT molecular complexity index is 1310. The highest BCUT2D eigenvalue weighted by molar-refractivity contribution is 7.92. The molecule has 1 atom stereocenters. The average molecular weight is 460 g/mol. The Morgan fingerprint density at radius 3 is 2.34 bits per heavy atom. The first-order valence-corrected chi connectivity index (χ1v) is 12.0. The zero-order chi connectivity index (χ0) is 23.3. The van der Waals surface area contributed by atoms with E-state index in [0.717, 1.165) is 47.8 Å². The normalized spacial score (nSPS) is 15.9. The van der Waals surface area contributed by atoms with Crippen LogP contribution in [0.2, 0.25) is 0 Å². The average Bonchev–Trinajstić information content (AvgIpc) is 3.47. The molecule has 1 aromatic heterocycles. The van der Waals surface area contributed by atoms with Crippen molar-refractivity contribution in [3.8, 4) is 0 Å². The van der Waals surface area contributed by atoms with Crippen LogP contribution in [0.25, 0.3) is 10.9 Å². The maximum atomic E-state index is 14.3. The minimum Gasteiger partial charge on any atom is -0.346 e. The zero-order valence-corrected chi connectivity index (χ0v) is 18.7. The summed E-state index contributed by atoms with van der Waals surface area (Å²) in [6.07, 6.45) is 3.04. The number of hydrogen-bond donors (Lipinski definition) is 2. The van der Waals surface area contributed by atoms with Gasteiger partial charge in [-0.3, -0.25) is 14.5 Å². The van der Waals surface area contributed by atoms with Crippen LogP contribution < -0.4 is 10.0 Å². The van der Waals surface area contributed by atoms with Crippen LogP contribution in [-0.2, 0) is 15.4 Å². The molecule has 0 bridgehead atoms. The van der Waals surface area contributed by atoms with Crippen molar-refractivity contribution in [2.75, 3.05) is 11.0 Å². The number of carbonyl (C=O) groups is 1. The summed E-state index contributed by atoms with van der Waals surface area (Å²) in [5.74, 6) is -2.54. The fourth-order valence-electron chi connectivity index (χ4n) is 3.54. The van der Waals surface area contributed by atoms with E-state index in [2.05, 4.69) is 12.2 Å². The van der Waals surface area contributed by atoms with Gasteiger partial charge in [-0.25, -0.2) is 17.2 Å². The Kier molecular flexibility index (Phi) is 5.40. The Morgan fingerprint density at radius 2 is 1.75 bits per heavy atom. The summed E-state index contributed by atoms with van der Waals surface area (Å²) in [6.45, 7) is 3.76. The Morgan fingerprint density at radius 1 is 1.09 bits per heavy atom. The van der Waals surface area contributed by atoms with Crippen LogP contribution in [-0.4, -0.2) is 25.6 Å². The van der Waals surface area contributed by atoms with Gasteiger partial charge >= 0.3 is 0 Å². The zero-order valence-electron chi connectivity index (χ0n) is 17.9. The summed E-state index contributed by atoms with van der Waals surface area (Å²) >= 11 is 0. The smallest absolute Gasteiger partial charge is 0.251 e. The molecule has 0 radical (unpaired) electrons. The van der Waals surface area contributed by atoms with Crippen molar-refractivity contribution in [1.82, 2.24) is 10.3 Å². The lowest BCUT2D eigenvalue weighted by Gasteiger charge is -2.17. The minimum atomic E-state index is -3.84. The fourth-order valence-corrected chi connectivity index (χ4v) is 4.10. The first-order valence-electron chi connectivity index (χ1n) is 10.1. The first-order chi connectivity index (χ1) is 14.9. The van der Waals surface area contributed by atoms with Gasteiger partial charge in [0, 0.05) is 22.1 Å². The van der Waals surface area contributed by atoms with Gasteiger partial charge in [0.2, 0.25) is 10.0 Å². The molecule has 2 N–H and O–H groups in total. The molecule has 1 fully saturated rings. The molecule has 4 rings (SSSR count). The van der Waals surface area contributed by atoms with E-state index >= 15 is 0 Å². The fraction of sp³-hybridized carbons (Fsp3) is 0.304. The summed E-state index contributed by atoms with van der Waals surface area (Å²) in [5.41, 5.74) is 1.81. The van der Waals surface area contributed by atoms with Crippen LogP contribution >= 0.6 is 0 Å². The van der Waals surface area contributed by atoms with Crippen molar-refractivity contribution in [3.63, 3.8) is 0 Å². The van der Waals surface area contributed by atoms with Gasteiger partial charge in [-0.15, -0.1) is 0 Å². The lowest BCUT2D eigenvalue weighted by molar-refractivity contribution is 0.0940. The van der Waals surface area contributed by atoms with Crippen molar-refractivity contribution in [1.29, 1.82) is 0 Å². The molecule has 9 heteroatoms. The van der Waals surface area contributed by atoms with Crippen molar-refractivity contribution in [2.24, 2.45) is 0 Å². The maximum Gasteiger partial charge on any atom is 0.251 e. The number of nitrogens with zero attached hydrogens (tertiary/aromatic N) is 1. The maximum absolute atomic E-state index is 14.3. The van der Waals surface area contributed by atoms with Crippen LogP contribution in [0.4, 0.5) is 14.5 Å². The van der Waals surface area contributed by atoms with Crippen LogP contribution in [0, 0.1) is 11.6 Å². The third-order valence-electron chi connectivity index (χ3n) is 5.77. The number of benzene rings is 2. The quantitative estimate of drug-likeness (QED) is 0.571. The van der Waals surface area contributed by atoms with E-state index in [1.807, 2.05) is 16.9 Å². The number of amides is 1. The van der Waals surface area contributed by atoms with Gasteiger partial charge < -0.3 is 5.32 Å². The van der Waals surface area contributed by atoms with Crippen molar-refractivity contribution < 1.29 is 22.0 Å². The predicted octanol–water partition coefficient (Wildman–Crippen LogP) is 4.43. The summed E-state index contributed by atoms with van der Waals surface area (Å²) in [6, 6.07) is 10.4. The van der Waals surface area contributed by atoms with Crippen LogP contribution in [0.5, 0.6) is 0 Å². The first kappa shape index (κ1) is 22.1. The van der Waals surface area contributed by atoms with E-state index in [-0.39, 0.29) is 11.0 Å². The number of pyridine rings is 1. The summed E-state index contributed by atoms with van der Waals surface area (Å²) in [5, 5.41) is 3.54. The highest BCUT2D eigenvalue weighted by atomic mass is 32.2. The van der Waals surface area contributed by atoms with Crippen LogP contribution in [0.1, 0.15) is 54.3 Å². The molecule has 0 spiro atoms. The standard InChI is InChI=1S/C23H23F2N3O3S/c1-13(16-11-17(24)21(18(25)12-16)28-32(3,30)31)26-22(29)15-4-6-19-14(10-15)5-7-20(27-19)23(2)8-9-23/h4-7,10-13,28H,8-9H2,1-3H3,(H,26,29)/t13-/m1/s1. The molecule has 1 aliphatic carbocycles. The molecule has 168 valence electrons. The highest BCUT2D eigenvalue weighted by Crippen LogP contribution is 2.46. The third-order valence-corrected chi connectivity index (χ3v) is 6.34. The number of carbonyl (C=O) groups excluding carboxylic acids is 1. The highest BCUT2D eigenvalue weighted by Gasteiger charge is 2.40. The number of fused-ring (bicyclic) bond motifs is 1. The second-order valence-corrected chi connectivity index (χ2v) is 10.3. The number of rotatable bonds is 6. The summed E-state index contributed by atoms with van der Waals surface area (Å²) in [7, 11) is -3.84. The van der Waals surface area contributed by atoms with Gasteiger partial charge in [-0.1, -0.05) is 13.0 Å². The number of hydrogen-bond acceptors (Lipinski definition) is 4. The van der Waals surface area contributed by atoms with E-state index in [0.29, 0.717) is 5.56 Å². The summed E-state index contributed by atoms with van der Waals surface area (Å²) < 4.78 is 52.9. The summed E-state index contributed by atoms with van der Waals surface area (Å²) in [4.78, 5) is 17.4. The van der Waals surface area contributed by atoms with E-state index in [9.17, 15) is 22.0 Å². The van der Waals surface area contributed by atoms with Gasteiger partial charge in [0.05, 0.1) is 17.8 Å². The predicted molar refractivity (Wildman–Crippen MR) is 119 cm³/mol.